The molecule has 0 unspecified atom stereocenters. The molecule has 2 aromatic rings. The molecule has 2 rings (SSSR count). The standard InChI is InChI=1S/C16H21ClN2Si/c1-12(2)20(13(3)4,16-18-10-7-11-19-16)15-9-6-5-8-14(15)17/h5-13H,1-4H3. The first-order chi connectivity index (χ1) is 9.51. The molecule has 1 aromatic carbocycles. The lowest BCUT2D eigenvalue weighted by atomic mass is 10.4. The first-order valence-electron chi connectivity index (χ1n) is 7.03. The van der Waals surface area contributed by atoms with Crippen molar-refractivity contribution < 1.29 is 0 Å². The Balaban J connectivity index is 2.76. The average molecular weight is 305 g/mol. The van der Waals surface area contributed by atoms with E-state index < -0.39 is 8.07 Å². The zero-order valence-corrected chi connectivity index (χ0v) is 14.2. The van der Waals surface area contributed by atoms with Crippen LogP contribution in [0.5, 0.6) is 0 Å². The molecule has 20 heavy (non-hydrogen) atoms. The second kappa shape index (κ2) is 6.06. The Morgan fingerprint density at radius 3 is 1.95 bits per heavy atom. The van der Waals surface area contributed by atoms with Crippen LogP contribution >= 0.6 is 11.6 Å². The third-order valence-corrected chi connectivity index (χ3v) is 10.5. The monoisotopic (exact) mass is 304 g/mol. The average Bonchev–Trinajstić information content (AvgIpc) is 2.42. The topological polar surface area (TPSA) is 25.8 Å². The third kappa shape index (κ3) is 2.40. The minimum absolute atomic E-state index is 0.477. The van der Waals surface area contributed by atoms with Crippen LogP contribution in [0.3, 0.4) is 0 Å². The summed E-state index contributed by atoms with van der Waals surface area (Å²) in [5.74, 6) is 0. The van der Waals surface area contributed by atoms with Crippen molar-refractivity contribution in [2.24, 2.45) is 0 Å². The Kier molecular flexibility index (Phi) is 4.61. The van der Waals surface area contributed by atoms with Gasteiger partial charge < -0.3 is 0 Å². The Hall–Kier alpha value is -1.19. The molecule has 0 saturated carbocycles. The third-order valence-electron chi connectivity index (χ3n) is 4.08. The van der Waals surface area contributed by atoms with Gasteiger partial charge in [-0.05, 0) is 28.4 Å². The summed E-state index contributed by atoms with van der Waals surface area (Å²) >= 11 is 6.53. The predicted octanol–water partition coefficient (Wildman–Crippen LogP) is 3.51. The number of aromatic nitrogens is 2. The van der Waals surface area contributed by atoms with Gasteiger partial charge in [-0.3, -0.25) is 0 Å². The van der Waals surface area contributed by atoms with Crippen molar-refractivity contribution in [2.75, 3.05) is 0 Å². The minimum atomic E-state index is -2.10. The van der Waals surface area contributed by atoms with Crippen LogP contribution in [0.15, 0.2) is 42.7 Å². The van der Waals surface area contributed by atoms with E-state index in [2.05, 4.69) is 49.8 Å². The van der Waals surface area contributed by atoms with Crippen LogP contribution in [-0.2, 0) is 0 Å². The van der Waals surface area contributed by atoms with Gasteiger partial charge in [-0.2, -0.15) is 0 Å². The number of halogens is 1. The highest BCUT2D eigenvalue weighted by Gasteiger charge is 2.47. The van der Waals surface area contributed by atoms with Gasteiger partial charge in [-0.15, -0.1) is 0 Å². The Morgan fingerprint density at radius 2 is 1.45 bits per heavy atom. The summed E-state index contributed by atoms with van der Waals surface area (Å²) in [5, 5.41) is 2.09. The molecule has 0 fully saturated rings. The lowest BCUT2D eigenvalue weighted by Crippen LogP contribution is -2.65. The molecule has 0 spiro atoms. The summed E-state index contributed by atoms with van der Waals surface area (Å²) in [6, 6.07) is 10.1. The molecule has 0 aliphatic heterocycles. The fourth-order valence-electron chi connectivity index (χ4n) is 3.23. The van der Waals surface area contributed by atoms with E-state index in [1.54, 1.807) is 0 Å². The molecule has 0 amide bonds. The van der Waals surface area contributed by atoms with E-state index in [-0.39, 0.29) is 0 Å². The van der Waals surface area contributed by atoms with Crippen LogP contribution in [0.1, 0.15) is 27.7 Å². The van der Waals surface area contributed by atoms with Crippen LogP contribution < -0.4 is 10.6 Å². The molecule has 0 bridgehead atoms. The predicted molar refractivity (Wildman–Crippen MR) is 88.7 cm³/mol. The van der Waals surface area contributed by atoms with Gasteiger partial charge in [0.1, 0.15) is 5.45 Å². The van der Waals surface area contributed by atoms with Crippen molar-refractivity contribution in [3.05, 3.63) is 47.7 Å². The van der Waals surface area contributed by atoms with Crippen molar-refractivity contribution in [3.63, 3.8) is 0 Å². The van der Waals surface area contributed by atoms with Crippen LogP contribution in [-0.4, -0.2) is 18.0 Å². The molecule has 0 aliphatic carbocycles. The van der Waals surface area contributed by atoms with E-state index >= 15 is 0 Å². The number of nitrogens with zero attached hydrogens (tertiary/aromatic N) is 2. The molecule has 0 aliphatic rings. The SMILES string of the molecule is CC(C)[Si](c1ncccn1)(c1ccccc1Cl)C(C)C. The van der Waals surface area contributed by atoms with Crippen molar-refractivity contribution >= 4 is 30.3 Å². The van der Waals surface area contributed by atoms with Gasteiger partial charge >= 0.3 is 0 Å². The molecule has 106 valence electrons. The smallest absolute Gasteiger partial charge is 0.171 e. The van der Waals surface area contributed by atoms with E-state index in [1.165, 1.54) is 5.19 Å². The summed E-state index contributed by atoms with van der Waals surface area (Å²) in [6.07, 6.45) is 3.68. The van der Waals surface area contributed by atoms with E-state index in [0.29, 0.717) is 11.1 Å². The van der Waals surface area contributed by atoms with Crippen LogP contribution in [0.2, 0.25) is 16.1 Å². The second-order valence-electron chi connectivity index (χ2n) is 5.73. The molecule has 0 saturated heterocycles. The summed E-state index contributed by atoms with van der Waals surface area (Å²) in [5.41, 5.74) is 1.94. The first kappa shape index (κ1) is 15.2. The summed E-state index contributed by atoms with van der Waals surface area (Å²) in [7, 11) is -2.10. The largest absolute Gasteiger partial charge is 0.246 e. The number of rotatable bonds is 4. The molecule has 1 aromatic heterocycles. The normalized spacial score (nSPS) is 12.2. The molecule has 2 nitrogen and oxygen atoms in total. The Bertz CT molecular complexity index is 562. The fourth-order valence-corrected chi connectivity index (χ4v) is 9.12. The van der Waals surface area contributed by atoms with Crippen molar-refractivity contribution in [3.8, 4) is 0 Å². The van der Waals surface area contributed by atoms with E-state index in [1.807, 2.05) is 30.6 Å². The van der Waals surface area contributed by atoms with Gasteiger partial charge in [0.05, 0.1) is 0 Å². The number of hydrogen-bond donors (Lipinski definition) is 0. The summed E-state index contributed by atoms with van der Waals surface area (Å²) < 4.78 is 0. The Morgan fingerprint density at radius 1 is 0.900 bits per heavy atom. The zero-order valence-electron chi connectivity index (χ0n) is 12.5. The van der Waals surface area contributed by atoms with E-state index in [4.69, 9.17) is 11.6 Å². The maximum atomic E-state index is 6.53. The fraction of sp³-hybridized carbons (Fsp3) is 0.375. The summed E-state index contributed by atoms with van der Waals surface area (Å²) in [6.45, 7) is 9.08. The molecule has 1 heterocycles. The maximum Gasteiger partial charge on any atom is 0.171 e. The molecular weight excluding hydrogens is 284 g/mol. The number of benzene rings is 1. The quantitative estimate of drug-likeness (QED) is 0.808. The highest BCUT2D eigenvalue weighted by Crippen LogP contribution is 2.32. The zero-order chi connectivity index (χ0) is 14.8. The second-order valence-corrected chi connectivity index (χ2v) is 11.2. The lowest BCUT2D eigenvalue weighted by Gasteiger charge is -2.38. The maximum absolute atomic E-state index is 6.53. The first-order valence-corrected chi connectivity index (χ1v) is 9.57. The van der Waals surface area contributed by atoms with Gasteiger partial charge in [-0.1, -0.05) is 57.5 Å². The van der Waals surface area contributed by atoms with Gasteiger partial charge in [-0.25, -0.2) is 9.97 Å². The minimum Gasteiger partial charge on any atom is -0.246 e. The Labute approximate surface area is 127 Å². The van der Waals surface area contributed by atoms with Crippen LogP contribution in [0.25, 0.3) is 0 Å². The van der Waals surface area contributed by atoms with Gasteiger partial charge in [0.25, 0.3) is 0 Å². The molecule has 0 atom stereocenters. The number of hydrogen-bond acceptors (Lipinski definition) is 2. The molecular formula is C16H21ClN2Si. The lowest BCUT2D eigenvalue weighted by molar-refractivity contribution is 0.916. The van der Waals surface area contributed by atoms with Gasteiger partial charge in [0, 0.05) is 17.4 Å². The highest BCUT2D eigenvalue weighted by molar-refractivity contribution is 7.04. The van der Waals surface area contributed by atoms with Crippen molar-refractivity contribution in [2.45, 2.75) is 38.8 Å². The highest BCUT2D eigenvalue weighted by atomic mass is 35.5. The molecule has 4 heteroatoms. The molecule has 0 radical (unpaired) electrons. The van der Waals surface area contributed by atoms with Crippen molar-refractivity contribution in [1.82, 2.24) is 9.97 Å². The van der Waals surface area contributed by atoms with E-state index in [9.17, 15) is 0 Å². The van der Waals surface area contributed by atoms with E-state index in [0.717, 1.165) is 10.5 Å². The van der Waals surface area contributed by atoms with Crippen LogP contribution in [0.4, 0.5) is 0 Å². The van der Waals surface area contributed by atoms with Crippen LogP contribution in [0, 0.1) is 0 Å². The summed E-state index contributed by atoms with van der Waals surface area (Å²) in [4.78, 5) is 9.21. The van der Waals surface area contributed by atoms with Gasteiger partial charge in [0.2, 0.25) is 0 Å². The van der Waals surface area contributed by atoms with Crippen molar-refractivity contribution in [1.29, 1.82) is 0 Å². The molecule has 0 N–H and O–H groups in total. The van der Waals surface area contributed by atoms with Gasteiger partial charge in [0.15, 0.2) is 8.07 Å².